The van der Waals surface area contributed by atoms with Gasteiger partial charge in [0.05, 0.1) is 10.9 Å². The topological polar surface area (TPSA) is 75.1 Å². The van der Waals surface area contributed by atoms with E-state index in [1.165, 1.54) is 0 Å². The summed E-state index contributed by atoms with van der Waals surface area (Å²) in [6, 6.07) is 13.0. The van der Waals surface area contributed by atoms with Gasteiger partial charge in [-0.1, -0.05) is 28.1 Å². The highest BCUT2D eigenvalue weighted by molar-refractivity contribution is 9.10. The highest BCUT2D eigenvalue weighted by atomic mass is 79.9. The molecule has 1 aliphatic carbocycles. The van der Waals surface area contributed by atoms with Gasteiger partial charge in [0.15, 0.2) is 5.58 Å². The molecule has 2 N–H and O–H groups in total. The van der Waals surface area contributed by atoms with Crippen molar-refractivity contribution in [1.29, 1.82) is 0 Å². The first kappa shape index (κ1) is 14.3. The van der Waals surface area contributed by atoms with Gasteiger partial charge in [-0.3, -0.25) is 9.78 Å². The van der Waals surface area contributed by atoms with E-state index in [0.717, 1.165) is 22.9 Å². The lowest BCUT2D eigenvalue weighted by atomic mass is 9.95. The Morgan fingerprint density at radius 1 is 1.17 bits per heavy atom. The van der Waals surface area contributed by atoms with Gasteiger partial charge in [0.25, 0.3) is 0 Å². The first-order valence-electron chi connectivity index (χ1n) is 7.27. The van der Waals surface area contributed by atoms with Gasteiger partial charge in [-0.05, 0) is 48.7 Å². The number of halogens is 1. The molecular weight excluding hydrogens is 360 g/mol. The molecule has 0 atom stereocenters. The maximum Gasteiger partial charge on any atom is 0.417 e. The van der Waals surface area contributed by atoms with Gasteiger partial charge in [0.1, 0.15) is 0 Å². The Labute approximate surface area is 139 Å². The van der Waals surface area contributed by atoms with E-state index in [4.69, 9.17) is 4.42 Å². The predicted molar refractivity (Wildman–Crippen MR) is 90.5 cm³/mol. The molecule has 0 unspecified atom stereocenters. The lowest BCUT2D eigenvalue weighted by molar-refractivity contribution is -0.118. The standard InChI is InChI=1S/C17H13BrN2O3/c18-11-3-1-10(2-4-11)17(7-8-17)15(21)19-12-5-6-14-13(9-12)20-16(22)23-14/h1-6,9H,7-8H2,(H,19,21)(H,20,22). The SMILES string of the molecule is O=C(Nc1ccc2oc(=O)[nH]c2c1)C1(c2ccc(Br)cc2)CC1. The van der Waals surface area contributed by atoms with Gasteiger partial charge in [0.2, 0.25) is 5.91 Å². The number of amides is 1. The van der Waals surface area contributed by atoms with Crippen LogP contribution in [-0.4, -0.2) is 10.9 Å². The Bertz CT molecular complexity index is 952. The van der Waals surface area contributed by atoms with E-state index < -0.39 is 11.2 Å². The summed E-state index contributed by atoms with van der Waals surface area (Å²) in [4.78, 5) is 26.5. The van der Waals surface area contributed by atoms with E-state index in [1.807, 2.05) is 24.3 Å². The molecule has 5 nitrogen and oxygen atoms in total. The Kier molecular flexibility index (Phi) is 3.16. The van der Waals surface area contributed by atoms with Gasteiger partial charge < -0.3 is 9.73 Å². The van der Waals surface area contributed by atoms with Gasteiger partial charge >= 0.3 is 5.76 Å². The van der Waals surface area contributed by atoms with Crippen molar-refractivity contribution in [3.05, 3.63) is 63.1 Å². The molecule has 116 valence electrons. The molecule has 2 aromatic carbocycles. The van der Waals surface area contributed by atoms with E-state index in [0.29, 0.717) is 16.8 Å². The average Bonchev–Trinajstić information content (AvgIpc) is 3.25. The number of aromatic amines is 1. The van der Waals surface area contributed by atoms with E-state index in [-0.39, 0.29) is 5.91 Å². The van der Waals surface area contributed by atoms with Crippen molar-refractivity contribution in [2.24, 2.45) is 0 Å². The lowest BCUT2D eigenvalue weighted by Gasteiger charge is -2.16. The first-order chi connectivity index (χ1) is 11.1. The minimum Gasteiger partial charge on any atom is -0.408 e. The zero-order valence-corrected chi connectivity index (χ0v) is 13.6. The van der Waals surface area contributed by atoms with Crippen molar-refractivity contribution in [1.82, 2.24) is 4.98 Å². The number of aromatic nitrogens is 1. The second kappa shape index (κ2) is 5.09. The van der Waals surface area contributed by atoms with Crippen LogP contribution in [-0.2, 0) is 10.2 Å². The molecule has 0 radical (unpaired) electrons. The van der Waals surface area contributed by atoms with Crippen molar-refractivity contribution in [3.63, 3.8) is 0 Å². The summed E-state index contributed by atoms with van der Waals surface area (Å²) in [6.45, 7) is 0. The molecule has 1 saturated carbocycles. The summed E-state index contributed by atoms with van der Waals surface area (Å²) < 4.78 is 5.95. The molecule has 0 bridgehead atoms. The van der Waals surface area contributed by atoms with Crippen LogP contribution in [0.5, 0.6) is 0 Å². The lowest BCUT2D eigenvalue weighted by Crippen LogP contribution is -2.27. The minimum atomic E-state index is -0.503. The Morgan fingerprint density at radius 3 is 2.61 bits per heavy atom. The maximum atomic E-state index is 12.7. The number of nitrogens with one attached hydrogen (secondary N) is 2. The van der Waals surface area contributed by atoms with Crippen LogP contribution >= 0.6 is 15.9 Å². The summed E-state index contributed by atoms with van der Waals surface area (Å²) in [5.41, 5.74) is 2.27. The molecule has 3 aromatic rings. The van der Waals surface area contributed by atoms with E-state index in [9.17, 15) is 9.59 Å². The number of carbonyl (C=O) groups excluding carboxylic acids is 1. The number of H-pyrrole nitrogens is 1. The van der Waals surface area contributed by atoms with Crippen molar-refractivity contribution in [2.75, 3.05) is 5.32 Å². The van der Waals surface area contributed by atoms with Crippen LogP contribution in [0.3, 0.4) is 0 Å². The third kappa shape index (κ3) is 2.49. The van der Waals surface area contributed by atoms with E-state index >= 15 is 0 Å². The second-order valence-electron chi connectivity index (χ2n) is 5.77. The van der Waals surface area contributed by atoms with Crippen LogP contribution in [0.1, 0.15) is 18.4 Å². The summed E-state index contributed by atoms with van der Waals surface area (Å²) >= 11 is 3.41. The number of hydrogen-bond acceptors (Lipinski definition) is 3. The van der Waals surface area contributed by atoms with E-state index in [2.05, 4.69) is 26.2 Å². The molecule has 4 rings (SSSR count). The Morgan fingerprint density at radius 2 is 1.91 bits per heavy atom. The summed E-state index contributed by atoms with van der Waals surface area (Å²) in [5, 5.41) is 2.94. The van der Waals surface area contributed by atoms with Crippen LogP contribution in [0.2, 0.25) is 0 Å². The maximum absolute atomic E-state index is 12.7. The quantitative estimate of drug-likeness (QED) is 0.737. The smallest absolute Gasteiger partial charge is 0.408 e. The number of benzene rings is 2. The van der Waals surface area contributed by atoms with Crippen LogP contribution in [0.25, 0.3) is 11.1 Å². The second-order valence-corrected chi connectivity index (χ2v) is 6.68. The number of carbonyl (C=O) groups is 1. The van der Waals surface area contributed by atoms with Gasteiger partial charge in [-0.15, -0.1) is 0 Å². The normalized spacial score (nSPS) is 15.5. The number of fused-ring (bicyclic) bond motifs is 1. The zero-order valence-electron chi connectivity index (χ0n) is 12.1. The summed E-state index contributed by atoms with van der Waals surface area (Å²) in [7, 11) is 0. The number of anilines is 1. The molecule has 23 heavy (non-hydrogen) atoms. The zero-order chi connectivity index (χ0) is 16.0. The highest BCUT2D eigenvalue weighted by Crippen LogP contribution is 2.49. The molecule has 6 heteroatoms. The Hall–Kier alpha value is -2.34. The number of hydrogen-bond donors (Lipinski definition) is 2. The van der Waals surface area contributed by atoms with E-state index in [1.54, 1.807) is 18.2 Å². The minimum absolute atomic E-state index is 0.0231. The van der Waals surface area contributed by atoms with Gasteiger partial charge in [-0.25, -0.2) is 4.79 Å². The molecule has 0 saturated heterocycles. The van der Waals surface area contributed by atoms with Crippen LogP contribution in [0.15, 0.2) is 56.1 Å². The van der Waals surface area contributed by atoms with Crippen LogP contribution in [0.4, 0.5) is 5.69 Å². The summed E-state index contributed by atoms with van der Waals surface area (Å²) in [6.07, 6.45) is 1.68. The largest absolute Gasteiger partial charge is 0.417 e. The number of rotatable bonds is 3. The number of oxazole rings is 1. The summed E-state index contributed by atoms with van der Waals surface area (Å²) in [5.74, 6) is -0.526. The fraction of sp³-hybridized carbons (Fsp3) is 0.176. The van der Waals surface area contributed by atoms with Gasteiger partial charge in [-0.2, -0.15) is 0 Å². The van der Waals surface area contributed by atoms with Crippen LogP contribution in [0, 0.1) is 0 Å². The van der Waals surface area contributed by atoms with Crippen molar-refractivity contribution in [2.45, 2.75) is 18.3 Å². The van der Waals surface area contributed by atoms with Crippen LogP contribution < -0.4 is 11.1 Å². The molecule has 1 aromatic heterocycles. The fourth-order valence-corrected chi connectivity index (χ4v) is 3.09. The highest BCUT2D eigenvalue weighted by Gasteiger charge is 2.51. The Balaban J connectivity index is 1.61. The monoisotopic (exact) mass is 372 g/mol. The molecule has 0 spiro atoms. The average molecular weight is 373 g/mol. The first-order valence-corrected chi connectivity index (χ1v) is 8.06. The van der Waals surface area contributed by atoms with Crippen molar-refractivity contribution < 1.29 is 9.21 Å². The van der Waals surface area contributed by atoms with Crippen molar-refractivity contribution in [3.8, 4) is 0 Å². The van der Waals surface area contributed by atoms with Crippen molar-refractivity contribution >= 4 is 38.6 Å². The third-order valence-corrected chi connectivity index (χ3v) is 4.79. The molecular formula is C17H13BrN2O3. The molecule has 0 aliphatic heterocycles. The predicted octanol–water partition coefficient (Wildman–Crippen LogP) is 3.55. The third-order valence-electron chi connectivity index (χ3n) is 4.26. The fourth-order valence-electron chi connectivity index (χ4n) is 2.82. The molecule has 1 aliphatic rings. The molecule has 1 fully saturated rings. The molecule has 1 amide bonds. The van der Waals surface area contributed by atoms with Gasteiger partial charge in [0, 0.05) is 10.2 Å². The molecule has 1 heterocycles.